The highest BCUT2D eigenvalue weighted by Gasteiger charge is 2.09. The monoisotopic (exact) mass is 226 g/mol. The lowest BCUT2D eigenvalue weighted by Gasteiger charge is -1.95. The molecule has 17 heavy (non-hydrogen) atoms. The number of nitrogen functional groups attached to an aromatic ring is 2. The van der Waals surface area contributed by atoms with Gasteiger partial charge in [-0.05, 0) is 24.3 Å². The molecule has 0 saturated heterocycles. The Morgan fingerprint density at radius 2 is 1.94 bits per heavy atom. The molecule has 0 atom stereocenters. The van der Waals surface area contributed by atoms with E-state index in [-0.39, 0.29) is 0 Å². The van der Waals surface area contributed by atoms with Crippen LogP contribution in [0.3, 0.4) is 0 Å². The van der Waals surface area contributed by atoms with Crippen LogP contribution >= 0.6 is 0 Å². The molecule has 1 aromatic carbocycles. The number of fused-ring (bicyclic) bond motifs is 1. The number of oxazole rings is 1. The first-order valence-corrected chi connectivity index (χ1v) is 5.10. The molecular weight excluding hydrogens is 216 g/mol. The van der Waals surface area contributed by atoms with E-state index in [1.165, 1.54) is 6.20 Å². The van der Waals surface area contributed by atoms with Crippen LogP contribution in [-0.2, 0) is 0 Å². The first-order chi connectivity index (χ1) is 8.22. The fourth-order valence-corrected chi connectivity index (χ4v) is 1.63. The van der Waals surface area contributed by atoms with E-state index in [0.717, 1.165) is 5.56 Å². The lowest BCUT2D eigenvalue weighted by atomic mass is 10.2. The summed E-state index contributed by atoms with van der Waals surface area (Å²) in [4.78, 5) is 8.38. The summed E-state index contributed by atoms with van der Waals surface area (Å²) in [5, 5.41) is 0. The molecule has 0 radical (unpaired) electrons. The van der Waals surface area contributed by atoms with Gasteiger partial charge in [-0.2, -0.15) is 0 Å². The van der Waals surface area contributed by atoms with Crippen LogP contribution in [0, 0.1) is 0 Å². The third kappa shape index (κ3) is 1.67. The molecule has 5 heteroatoms. The van der Waals surface area contributed by atoms with Crippen molar-refractivity contribution in [3.63, 3.8) is 0 Å². The van der Waals surface area contributed by atoms with E-state index in [1.54, 1.807) is 12.1 Å². The fraction of sp³-hybridized carbons (Fsp3) is 0. The Morgan fingerprint density at radius 1 is 1.06 bits per heavy atom. The summed E-state index contributed by atoms with van der Waals surface area (Å²) in [5.74, 6) is 0.491. The summed E-state index contributed by atoms with van der Waals surface area (Å²) in [6, 6.07) is 9.06. The van der Waals surface area contributed by atoms with E-state index in [4.69, 9.17) is 15.9 Å². The van der Waals surface area contributed by atoms with Crippen LogP contribution in [0.25, 0.3) is 22.7 Å². The number of pyridine rings is 1. The number of rotatable bonds is 1. The second-order valence-electron chi connectivity index (χ2n) is 3.74. The third-order valence-electron chi connectivity index (χ3n) is 2.40. The van der Waals surface area contributed by atoms with Crippen molar-refractivity contribution in [2.45, 2.75) is 0 Å². The largest absolute Gasteiger partial charge is 0.418 e. The van der Waals surface area contributed by atoms with Gasteiger partial charge in [0, 0.05) is 11.3 Å². The highest BCUT2D eigenvalue weighted by atomic mass is 16.4. The number of anilines is 2. The van der Waals surface area contributed by atoms with Crippen LogP contribution in [0.2, 0.25) is 0 Å². The van der Waals surface area contributed by atoms with Crippen LogP contribution in [0.4, 0.5) is 11.4 Å². The molecule has 4 N–H and O–H groups in total. The lowest BCUT2D eigenvalue weighted by molar-refractivity contribution is 0.608. The first-order valence-electron chi connectivity index (χ1n) is 5.10. The Kier molecular flexibility index (Phi) is 1.98. The maximum absolute atomic E-state index is 5.71. The van der Waals surface area contributed by atoms with Crippen molar-refractivity contribution in [2.75, 3.05) is 11.5 Å². The predicted octanol–water partition coefficient (Wildman–Crippen LogP) is 2.05. The maximum Gasteiger partial charge on any atom is 0.247 e. The first kappa shape index (κ1) is 9.65. The molecule has 0 saturated carbocycles. The molecule has 0 unspecified atom stereocenters. The third-order valence-corrected chi connectivity index (χ3v) is 2.40. The second kappa shape index (κ2) is 3.48. The molecule has 0 spiro atoms. The SMILES string of the molecule is Nc1cccc(-c2nc3cc(N)cnc3o2)c1. The van der Waals surface area contributed by atoms with Crippen LogP contribution < -0.4 is 11.5 Å². The maximum atomic E-state index is 5.71. The van der Waals surface area contributed by atoms with Gasteiger partial charge in [0.1, 0.15) is 5.52 Å². The van der Waals surface area contributed by atoms with E-state index < -0.39 is 0 Å². The summed E-state index contributed by atoms with van der Waals surface area (Å²) in [5.41, 5.74) is 14.5. The molecule has 0 aliphatic heterocycles. The van der Waals surface area contributed by atoms with Crippen LogP contribution in [0.15, 0.2) is 40.9 Å². The summed E-state index contributed by atoms with van der Waals surface area (Å²) < 4.78 is 5.53. The minimum Gasteiger partial charge on any atom is -0.418 e. The zero-order valence-electron chi connectivity index (χ0n) is 8.92. The average Bonchev–Trinajstić information content (AvgIpc) is 2.72. The van der Waals surface area contributed by atoms with Crippen LogP contribution in [0.5, 0.6) is 0 Å². The molecule has 0 aliphatic carbocycles. The van der Waals surface area contributed by atoms with E-state index in [1.807, 2.05) is 18.2 Å². The van der Waals surface area contributed by atoms with E-state index >= 15 is 0 Å². The summed E-state index contributed by atoms with van der Waals surface area (Å²) in [6.45, 7) is 0. The minimum absolute atomic E-state index is 0.469. The molecular formula is C12H10N4O. The summed E-state index contributed by atoms with van der Waals surface area (Å²) in [6.07, 6.45) is 1.54. The lowest BCUT2D eigenvalue weighted by Crippen LogP contribution is -1.85. The molecule has 84 valence electrons. The van der Waals surface area contributed by atoms with Gasteiger partial charge in [0.15, 0.2) is 0 Å². The highest BCUT2D eigenvalue weighted by Crippen LogP contribution is 2.24. The van der Waals surface area contributed by atoms with Gasteiger partial charge in [-0.3, -0.25) is 0 Å². The number of nitrogens with two attached hydrogens (primary N) is 2. The van der Waals surface area contributed by atoms with Gasteiger partial charge in [-0.1, -0.05) is 6.07 Å². The van der Waals surface area contributed by atoms with Crippen molar-refractivity contribution >= 4 is 22.6 Å². The molecule has 0 fully saturated rings. The molecule has 0 aliphatic rings. The van der Waals surface area contributed by atoms with Gasteiger partial charge in [-0.25, -0.2) is 9.97 Å². The van der Waals surface area contributed by atoms with Crippen LogP contribution in [0.1, 0.15) is 0 Å². The number of nitrogens with zero attached hydrogens (tertiary/aromatic N) is 2. The second-order valence-corrected chi connectivity index (χ2v) is 3.74. The van der Waals surface area contributed by atoms with Crippen molar-refractivity contribution in [1.29, 1.82) is 0 Å². The van der Waals surface area contributed by atoms with Crippen LogP contribution in [-0.4, -0.2) is 9.97 Å². The van der Waals surface area contributed by atoms with Gasteiger partial charge in [-0.15, -0.1) is 0 Å². The Labute approximate surface area is 97.1 Å². The van der Waals surface area contributed by atoms with E-state index in [9.17, 15) is 0 Å². The number of hydrogen-bond donors (Lipinski definition) is 2. The number of benzene rings is 1. The topological polar surface area (TPSA) is 91.0 Å². The highest BCUT2D eigenvalue weighted by molar-refractivity contribution is 5.75. The molecule has 2 aromatic heterocycles. The Hall–Kier alpha value is -2.56. The zero-order chi connectivity index (χ0) is 11.8. The fourth-order valence-electron chi connectivity index (χ4n) is 1.63. The molecule has 5 nitrogen and oxygen atoms in total. The van der Waals surface area contributed by atoms with Gasteiger partial charge in [0.25, 0.3) is 0 Å². The van der Waals surface area contributed by atoms with Gasteiger partial charge < -0.3 is 15.9 Å². The smallest absolute Gasteiger partial charge is 0.247 e. The summed E-state index contributed by atoms with van der Waals surface area (Å²) in [7, 11) is 0. The zero-order valence-corrected chi connectivity index (χ0v) is 8.92. The standard InChI is InChI=1S/C12H10N4O/c13-8-3-1-2-7(4-8)11-16-10-5-9(14)6-15-12(10)17-11/h1-6H,13-14H2. The Balaban J connectivity index is 2.18. The van der Waals surface area contributed by atoms with Gasteiger partial charge in [0.2, 0.25) is 11.6 Å². The van der Waals surface area contributed by atoms with Crippen molar-refractivity contribution in [3.05, 3.63) is 36.5 Å². The Morgan fingerprint density at radius 3 is 2.76 bits per heavy atom. The van der Waals surface area contributed by atoms with Crippen molar-refractivity contribution < 1.29 is 4.42 Å². The van der Waals surface area contributed by atoms with Gasteiger partial charge in [0.05, 0.1) is 11.9 Å². The van der Waals surface area contributed by atoms with Crippen molar-refractivity contribution in [2.24, 2.45) is 0 Å². The molecule has 2 heterocycles. The number of hydrogen-bond acceptors (Lipinski definition) is 5. The molecule has 0 amide bonds. The van der Waals surface area contributed by atoms with E-state index in [2.05, 4.69) is 9.97 Å². The predicted molar refractivity (Wildman–Crippen MR) is 66.1 cm³/mol. The minimum atomic E-state index is 0.469. The molecule has 3 rings (SSSR count). The average molecular weight is 226 g/mol. The molecule has 3 aromatic rings. The molecule has 0 bridgehead atoms. The normalized spacial score (nSPS) is 10.8. The number of aromatic nitrogens is 2. The van der Waals surface area contributed by atoms with Crippen molar-refractivity contribution in [3.8, 4) is 11.5 Å². The summed E-state index contributed by atoms with van der Waals surface area (Å²) >= 11 is 0. The quantitative estimate of drug-likeness (QED) is 0.619. The Bertz CT molecular complexity index is 690. The van der Waals surface area contributed by atoms with Gasteiger partial charge >= 0.3 is 0 Å². The van der Waals surface area contributed by atoms with Crippen molar-refractivity contribution in [1.82, 2.24) is 9.97 Å². The van der Waals surface area contributed by atoms with E-state index in [0.29, 0.717) is 28.5 Å².